The fraction of sp³-hybridized carbons (Fsp3) is 0.542. The number of carbonyl (C=O) groups is 1. The molecule has 27 heavy (non-hydrogen) atoms. The Morgan fingerprint density at radius 1 is 1.00 bits per heavy atom. The summed E-state index contributed by atoms with van der Waals surface area (Å²) in [6.45, 7) is 6.70. The Morgan fingerprint density at radius 2 is 1.74 bits per heavy atom. The Labute approximate surface area is 163 Å². The van der Waals surface area contributed by atoms with Crippen molar-refractivity contribution in [1.82, 2.24) is 10.2 Å². The smallest absolute Gasteiger partial charge is 0.223 e. The zero-order valence-electron chi connectivity index (χ0n) is 16.7. The van der Waals surface area contributed by atoms with Gasteiger partial charge in [-0.3, -0.25) is 4.79 Å². The molecule has 2 aliphatic rings. The van der Waals surface area contributed by atoms with Crippen LogP contribution in [-0.4, -0.2) is 29.9 Å². The van der Waals surface area contributed by atoms with Crippen LogP contribution in [0.4, 0.5) is 0 Å². The van der Waals surface area contributed by atoms with Crippen molar-refractivity contribution < 1.29 is 4.79 Å². The normalized spacial score (nSPS) is 24.2. The molecule has 2 atom stereocenters. The first-order valence-corrected chi connectivity index (χ1v) is 10.6. The molecule has 1 amide bonds. The standard InChI is InChI=1S/C24H32N2O/c1-24(2,22-12-8-10-18-9-4-5-11-21(18)22)25-23(27)19-13-14-20(17-19)26-15-6-3-7-16-26/h4-5,8-12,19-20H,3,6-7,13-17H2,1-2H3,(H,25,27)/t19-,20+/m0/s1. The van der Waals surface area contributed by atoms with Crippen LogP contribution in [0.25, 0.3) is 10.8 Å². The van der Waals surface area contributed by atoms with Gasteiger partial charge in [-0.25, -0.2) is 0 Å². The third kappa shape index (κ3) is 3.89. The lowest BCUT2D eigenvalue weighted by Crippen LogP contribution is -2.44. The van der Waals surface area contributed by atoms with Crippen molar-refractivity contribution in [2.75, 3.05) is 13.1 Å². The fourth-order valence-electron chi connectivity index (χ4n) is 5.06. The van der Waals surface area contributed by atoms with Crippen LogP contribution in [0.1, 0.15) is 57.9 Å². The minimum Gasteiger partial charge on any atom is -0.347 e. The van der Waals surface area contributed by atoms with E-state index in [9.17, 15) is 4.79 Å². The van der Waals surface area contributed by atoms with Crippen molar-refractivity contribution in [3.63, 3.8) is 0 Å². The minimum absolute atomic E-state index is 0.158. The summed E-state index contributed by atoms with van der Waals surface area (Å²) in [5.41, 5.74) is 0.820. The molecule has 0 spiro atoms. The van der Waals surface area contributed by atoms with Gasteiger partial charge in [0.05, 0.1) is 5.54 Å². The van der Waals surface area contributed by atoms with E-state index in [1.807, 2.05) is 0 Å². The van der Waals surface area contributed by atoms with Gasteiger partial charge in [0.1, 0.15) is 0 Å². The van der Waals surface area contributed by atoms with E-state index in [0.717, 1.165) is 12.8 Å². The second kappa shape index (κ2) is 7.63. The summed E-state index contributed by atoms with van der Waals surface area (Å²) >= 11 is 0. The molecular formula is C24H32N2O. The largest absolute Gasteiger partial charge is 0.347 e. The lowest BCUT2D eigenvalue weighted by molar-refractivity contribution is -0.126. The van der Waals surface area contributed by atoms with Gasteiger partial charge in [0.25, 0.3) is 0 Å². The number of amides is 1. The van der Waals surface area contributed by atoms with Gasteiger partial charge in [0.15, 0.2) is 0 Å². The Kier molecular flexibility index (Phi) is 5.23. The monoisotopic (exact) mass is 364 g/mol. The predicted octanol–water partition coefficient (Wildman–Crippen LogP) is 4.85. The number of piperidine rings is 1. The fourth-order valence-corrected chi connectivity index (χ4v) is 5.06. The van der Waals surface area contributed by atoms with Gasteiger partial charge in [-0.15, -0.1) is 0 Å². The predicted molar refractivity (Wildman–Crippen MR) is 112 cm³/mol. The van der Waals surface area contributed by atoms with E-state index in [-0.39, 0.29) is 17.4 Å². The number of rotatable bonds is 4. The molecule has 0 aromatic heterocycles. The molecule has 4 rings (SSSR count). The second-order valence-electron chi connectivity index (χ2n) is 8.90. The van der Waals surface area contributed by atoms with E-state index in [0.29, 0.717) is 6.04 Å². The van der Waals surface area contributed by atoms with Crippen molar-refractivity contribution >= 4 is 16.7 Å². The molecule has 2 fully saturated rings. The number of carbonyl (C=O) groups excluding carboxylic acids is 1. The maximum absolute atomic E-state index is 13.1. The molecular weight excluding hydrogens is 332 g/mol. The molecule has 0 bridgehead atoms. The van der Waals surface area contributed by atoms with Gasteiger partial charge in [-0.05, 0) is 75.4 Å². The molecule has 1 heterocycles. The first-order chi connectivity index (χ1) is 13.0. The summed E-state index contributed by atoms with van der Waals surface area (Å²) in [7, 11) is 0. The first-order valence-electron chi connectivity index (χ1n) is 10.6. The molecule has 0 unspecified atom stereocenters. The Morgan fingerprint density at radius 3 is 2.56 bits per heavy atom. The molecule has 2 aromatic rings. The third-order valence-corrected chi connectivity index (χ3v) is 6.58. The van der Waals surface area contributed by atoms with E-state index in [2.05, 4.69) is 66.5 Å². The lowest BCUT2D eigenvalue weighted by atomic mass is 9.88. The number of likely N-dealkylation sites (tertiary alicyclic amines) is 1. The minimum atomic E-state index is -0.374. The van der Waals surface area contributed by atoms with Gasteiger partial charge in [0, 0.05) is 12.0 Å². The molecule has 1 N–H and O–H groups in total. The number of nitrogens with zero attached hydrogens (tertiary/aromatic N) is 1. The SMILES string of the molecule is CC(C)(NC(=O)[C@H]1CC[C@@H](N2CCCCC2)C1)c1cccc2ccccc12. The highest BCUT2D eigenvalue weighted by Crippen LogP contribution is 2.33. The van der Waals surface area contributed by atoms with Crippen LogP contribution in [0, 0.1) is 5.92 Å². The molecule has 0 radical (unpaired) electrons. The highest BCUT2D eigenvalue weighted by molar-refractivity contribution is 5.88. The van der Waals surface area contributed by atoms with Crippen LogP contribution in [0.3, 0.4) is 0 Å². The van der Waals surface area contributed by atoms with Gasteiger partial charge in [-0.2, -0.15) is 0 Å². The topological polar surface area (TPSA) is 32.3 Å². The van der Waals surface area contributed by atoms with Crippen molar-refractivity contribution in [2.24, 2.45) is 5.92 Å². The molecule has 3 heteroatoms. The zero-order chi connectivity index (χ0) is 18.9. The number of nitrogens with one attached hydrogen (secondary N) is 1. The zero-order valence-corrected chi connectivity index (χ0v) is 16.7. The van der Waals surface area contributed by atoms with E-state index < -0.39 is 0 Å². The molecule has 1 aliphatic carbocycles. The van der Waals surface area contributed by atoms with Gasteiger partial charge < -0.3 is 10.2 Å². The van der Waals surface area contributed by atoms with E-state index in [1.54, 1.807) is 0 Å². The number of hydrogen-bond donors (Lipinski definition) is 1. The highest BCUT2D eigenvalue weighted by atomic mass is 16.2. The Balaban J connectivity index is 1.45. The second-order valence-corrected chi connectivity index (χ2v) is 8.90. The van der Waals surface area contributed by atoms with Crippen LogP contribution >= 0.6 is 0 Å². The lowest BCUT2D eigenvalue weighted by Gasteiger charge is -2.32. The van der Waals surface area contributed by atoms with Crippen LogP contribution in [0.5, 0.6) is 0 Å². The molecule has 1 saturated heterocycles. The molecule has 1 saturated carbocycles. The average molecular weight is 365 g/mol. The number of benzene rings is 2. The Hall–Kier alpha value is -1.87. The summed E-state index contributed by atoms with van der Waals surface area (Å²) in [4.78, 5) is 15.7. The summed E-state index contributed by atoms with van der Waals surface area (Å²) < 4.78 is 0. The third-order valence-electron chi connectivity index (χ3n) is 6.58. The Bertz CT molecular complexity index is 802. The van der Waals surface area contributed by atoms with Gasteiger partial charge in [-0.1, -0.05) is 48.9 Å². The van der Waals surface area contributed by atoms with E-state index >= 15 is 0 Å². The summed E-state index contributed by atoms with van der Waals surface area (Å²) in [5.74, 6) is 0.388. The van der Waals surface area contributed by atoms with Crippen LogP contribution in [0.2, 0.25) is 0 Å². The molecule has 2 aromatic carbocycles. The first kappa shape index (κ1) is 18.5. The van der Waals surface area contributed by atoms with Crippen LogP contribution < -0.4 is 5.32 Å². The quantitative estimate of drug-likeness (QED) is 0.841. The molecule has 3 nitrogen and oxygen atoms in total. The van der Waals surface area contributed by atoms with Crippen LogP contribution in [0.15, 0.2) is 42.5 Å². The average Bonchev–Trinajstić information content (AvgIpc) is 3.18. The highest BCUT2D eigenvalue weighted by Gasteiger charge is 2.36. The summed E-state index contributed by atoms with van der Waals surface area (Å²) in [6, 6.07) is 15.4. The number of fused-ring (bicyclic) bond motifs is 1. The summed E-state index contributed by atoms with van der Waals surface area (Å²) in [6.07, 6.45) is 7.23. The molecule has 1 aliphatic heterocycles. The number of hydrogen-bond acceptors (Lipinski definition) is 2. The van der Waals surface area contributed by atoms with E-state index in [4.69, 9.17) is 0 Å². The maximum Gasteiger partial charge on any atom is 0.223 e. The van der Waals surface area contributed by atoms with Crippen molar-refractivity contribution in [3.8, 4) is 0 Å². The van der Waals surface area contributed by atoms with Gasteiger partial charge in [0.2, 0.25) is 5.91 Å². The van der Waals surface area contributed by atoms with E-state index in [1.165, 1.54) is 55.1 Å². The maximum atomic E-state index is 13.1. The van der Waals surface area contributed by atoms with Crippen LogP contribution in [-0.2, 0) is 10.3 Å². The summed E-state index contributed by atoms with van der Waals surface area (Å²) in [5, 5.41) is 5.82. The van der Waals surface area contributed by atoms with Crippen molar-refractivity contribution in [2.45, 2.75) is 64.0 Å². The van der Waals surface area contributed by atoms with Gasteiger partial charge >= 0.3 is 0 Å². The van der Waals surface area contributed by atoms with Crippen molar-refractivity contribution in [3.05, 3.63) is 48.0 Å². The molecule has 144 valence electrons. The van der Waals surface area contributed by atoms with Crippen molar-refractivity contribution in [1.29, 1.82) is 0 Å².